The lowest BCUT2D eigenvalue weighted by molar-refractivity contribution is -0.121. The molecule has 192 valence electrons. The molecule has 3 aromatic rings. The average molecular weight is 514 g/mol. The highest BCUT2D eigenvalue weighted by atomic mass is 32.2. The number of carbonyl (C=O) groups is 1. The highest BCUT2D eigenvalue weighted by Crippen LogP contribution is 2.27. The van der Waals surface area contributed by atoms with E-state index in [-0.39, 0.29) is 30.5 Å². The first-order chi connectivity index (χ1) is 17.2. The monoisotopic (exact) mass is 513 g/mol. The molecule has 0 spiro atoms. The van der Waals surface area contributed by atoms with E-state index < -0.39 is 15.8 Å². The van der Waals surface area contributed by atoms with Crippen LogP contribution in [0, 0.1) is 5.82 Å². The molecule has 0 saturated carbocycles. The molecule has 0 radical (unpaired) electrons. The molecule has 0 unspecified atom stereocenters. The minimum atomic E-state index is -3.85. The Kier molecular flexibility index (Phi) is 9.58. The zero-order chi connectivity index (χ0) is 26.1. The fraction of sp³-hybridized carbons (Fsp3) is 0.296. The zero-order valence-corrected chi connectivity index (χ0v) is 21.6. The maximum Gasteiger partial charge on any atom is 0.250 e. The van der Waals surface area contributed by atoms with Gasteiger partial charge in [-0.1, -0.05) is 37.3 Å². The summed E-state index contributed by atoms with van der Waals surface area (Å²) in [6.07, 6.45) is 0.604. The lowest BCUT2D eigenvalue weighted by Gasteiger charge is -2.25. The Balaban J connectivity index is 1.76. The van der Waals surface area contributed by atoms with Crippen molar-refractivity contribution in [2.45, 2.75) is 31.4 Å². The summed E-state index contributed by atoms with van der Waals surface area (Å²) < 4.78 is 46.9. The van der Waals surface area contributed by atoms with E-state index in [1.165, 1.54) is 16.4 Å². The van der Waals surface area contributed by atoms with Crippen molar-refractivity contribution < 1.29 is 22.3 Å². The third kappa shape index (κ3) is 7.36. The van der Waals surface area contributed by atoms with Crippen molar-refractivity contribution in [2.24, 2.45) is 0 Å². The number of rotatable bonds is 12. The van der Waals surface area contributed by atoms with Gasteiger partial charge in [-0.15, -0.1) is 0 Å². The molecule has 0 aliphatic rings. The van der Waals surface area contributed by atoms with E-state index in [9.17, 15) is 17.6 Å². The van der Waals surface area contributed by atoms with E-state index in [1.54, 1.807) is 12.1 Å². The number of sulfonamides is 1. The summed E-state index contributed by atoms with van der Waals surface area (Å²) in [6.45, 7) is 2.49. The molecule has 0 heterocycles. The third-order valence-corrected chi connectivity index (χ3v) is 7.32. The third-order valence-electron chi connectivity index (χ3n) is 5.46. The maximum absolute atomic E-state index is 13.4. The zero-order valence-electron chi connectivity index (χ0n) is 20.8. The molecule has 9 heteroatoms. The van der Waals surface area contributed by atoms with Crippen molar-refractivity contribution >= 4 is 27.3 Å². The maximum atomic E-state index is 13.4. The Morgan fingerprint density at radius 1 is 1.00 bits per heavy atom. The number of hydrogen-bond acceptors (Lipinski definition) is 5. The van der Waals surface area contributed by atoms with Crippen LogP contribution in [-0.2, 0) is 32.7 Å². The van der Waals surface area contributed by atoms with Gasteiger partial charge in [-0.3, -0.25) is 4.79 Å². The molecule has 1 amide bonds. The number of ether oxygens (including phenoxy) is 1. The SMILES string of the molecule is CCCN(Cc1cc(NC(=O)COCc2ccccc2)ccc1N(C)C)S(=O)(=O)c1ccc(F)cc1. The normalized spacial score (nSPS) is 11.5. The van der Waals surface area contributed by atoms with Gasteiger partial charge in [-0.2, -0.15) is 4.31 Å². The van der Waals surface area contributed by atoms with Gasteiger partial charge in [0, 0.05) is 38.6 Å². The van der Waals surface area contributed by atoms with Crippen molar-refractivity contribution in [3.63, 3.8) is 0 Å². The minimum Gasteiger partial charge on any atom is -0.377 e. The van der Waals surface area contributed by atoms with E-state index >= 15 is 0 Å². The van der Waals surface area contributed by atoms with Gasteiger partial charge in [0.25, 0.3) is 0 Å². The van der Waals surface area contributed by atoms with Crippen molar-refractivity contribution in [2.75, 3.05) is 37.5 Å². The van der Waals surface area contributed by atoms with E-state index in [0.29, 0.717) is 18.7 Å². The summed E-state index contributed by atoms with van der Waals surface area (Å²) in [5.41, 5.74) is 3.06. The Labute approximate surface area is 212 Å². The number of halogens is 1. The van der Waals surface area contributed by atoms with Crippen LogP contribution in [0.4, 0.5) is 15.8 Å². The Morgan fingerprint density at radius 2 is 1.69 bits per heavy atom. The molecule has 1 N–H and O–H groups in total. The van der Waals surface area contributed by atoms with E-state index in [2.05, 4.69) is 5.32 Å². The molecular weight excluding hydrogens is 481 g/mol. The van der Waals surface area contributed by atoms with Crippen molar-refractivity contribution in [3.8, 4) is 0 Å². The van der Waals surface area contributed by atoms with Crippen LogP contribution < -0.4 is 10.2 Å². The molecule has 0 atom stereocenters. The first kappa shape index (κ1) is 27.3. The largest absolute Gasteiger partial charge is 0.377 e. The Hall–Kier alpha value is -3.27. The van der Waals surface area contributed by atoms with Gasteiger partial charge in [0.15, 0.2) is 0 Å². The second-order valence-electron chi connectivity index (χ2n) is 8.56. The van der Waals surface area contributed by atoms with Crippen LogP contribution in [0.1, 0.15) is 24.5 Å². The summed E-state index contributed by atoms with van der Waals surface area (Å²) in [6, 6.07) is 19.8. The number of nitrogens with zero attached hydrogens (tertiary/aromatic N) is 2. The summed E-state index contributed by atoms with van der Waals surface area (Å²) in [5, 5.41) is 2.82. The van der Waals surface area contributed by atoms with Gasteiger partial charge < -0.3 is 15.0 Å². The predicted molar refractivity (Wildman–Crippen MR) is 140 cm³/mol. The molecule has 0 aliphatic heterocycles. The van der Waals surface area contributed by atoms with Crippen LogP contribution in [0.3, 0.4) is 0 Å². The molecule has 0 fully saturated rings. The van der Waals surface area contributed by atoms with E-state index in [1.807, 2.05) is 62.3 Å². The van der Waals surface area contributed by atoms with Crippen molar-refractivity contribution in [1.29, 1.82) is 0 Å². The molecule has 0 aliphatic carbocycles. The summed E-state index contributed by atoms with van der Waals surface area (Å²) in [4.78, 5) is 14.4. The number of anilines is 2. The van der Waals surface area contributed by atoms with Gasteiger partial charge >= 0.3 is 0 Å². The number of benzene rings is 3. The van der Waals surface area contributed by atoms with Crippen LogP contribution in [0.2, 0.25) is 0 Å². The Morgan fingerprint density at radius 3 is 2.33 bits per heavy atom. The fourth-order valence-electron chi connectivity index (χ4n) is 3.74. The topological polar surface area (TPSA) is 79.0 Å². The van der Waals surface area contributed by atoms with Crippen LogP contribution in [0.15, 0.2) is 77.7 Å². The summed E-state index contributed by atoms with van der Waals surface area (Å²) >= 11 is 0. The molecule has 36 heavy (non-hydrogen) atoms. The lowest BCUT2D eigenvalue weighted by Crippen LogP contribution is -2.32. The highest BCUT2D eigenvalue weighted by Gasteiger charge is 2.25. The molecule has 0 saturated heterocycles. The van der Waals surface area contributed by atoms with Gasteiger partial charge in [0.05, 0.1) is 11.5 Å². The van der Waals surface area contributed by atoms with Gasteiger partial charge in [-0.05, 0) is 60.0 Å². The van der Waals surface area contributed by atoms with Crippen molar-refractivity contribution in [3.05, 3.63) is 89.7 Å². The smallest absolute Gasteiger partial charge is 0.250 e. The minimum absolute atomic E-state index is 0.0313. The molecular formula is C27H32FN3O4S. The van der Waals surface area contributed by atoms with Crippen molar-refractivity contribution in [1.82, 2.24) is 4.31 Å². The second-order valence-corrected chi connectivity index (χ2v) is 10.5. The van der Waals surface area contributed by atoms with Crippen LogP contribution >= 0.6 is 0 Å². The van der Waals surface area contributed by atoms with Gasteiger partial charge in [0.2, 0.25) is 15.9 Å². The first-order valence-corrected chi connectivity index (χ1v) is 13.1. The van der Waals surface area contributed by atoms with Crippen LogP contribution in [0.25, 0.3) is 0 Å². The van der Waals surface area contributed by atoms with E-state index in [0.717, 1.165) is 28.9 Å². The summed E-state index contributed by atoms with van der Waals surface area (Å²) in [5.74, 6) is -0.805. The molecule has 3 rings (SSSR count). The highest BCUT2D eigenvalue weighted by molar-refractivity contribution is 7.89. The lowest BCUT2D eigenvalue weighted by atomic mass is 10.1. The first-order valence-electron chi connectivity index (χ1n) is 11.7. The van der Waals surface area contributed by atoms with E-state index in [4.69, 9.17) is 4.74 Å². The number of amides is 1. The number of hydrogen-bond donors (Lipinski definition) is 1. The molecule has 7 nitrogen and oxygen atoms in total. The summed E-state index contributed by atoms with van der Waals surface area (Å²) in [7, 11) is -0.118. The predicted octanol–water partition coefficient (Wildman–Crippen LogP) is 4.65. The average Bonchev–Trinajstić information content (AvgIpc) is 2.84. The number of nitrogens with one attached hydrogen (secondary N) is 1. The number of carbonyl (C=O) groups excluding carboxylic acids is 1. The van der Waals surface area contributed by atoms with Gasteiger partial charge in [-0.25, -0.2) is 12.8 Å². The van der Waals surface area contributed by atoms with Crippen LogP contribution in [0.5, 0.6) is 0 Å². The van der Waals surface area contributed by atoms with Gasteiger partial charge in [0.1, 0.15) is 12.4 Å². The molecule has 0 bridgehead atoms. The molecule has 3 aromatic carbocycles. The fourth-order valence-corrected chi connectivity index (χ4v) is 5.25. The second kappa shape index (κ2) is 12.6. The standard InChI is InChI=1S/C27H32FN3O4S/c1-4-16-31(36(33,34)25-13-10-23(28)11-14-25)18-22-17-24(12-15-26(22)30(2)3)29-27(32)20-35-19-21-8-6-5-7-9-21/h5-15,17H,4,16,18-20H2,1-3H3,(H,29,32). The van der Waals surface area contributed by atoms with Crippen LogP contribution in [-0.4, -0.2) is 45.9 Å². The molecule has 0 aromatic heterocycles. The quantitative estimate of drug-likeness (QED) is 0.382. The Bertz CT molecular complexity index is 1250.